The van der Waals surface area contributed by atoms with Crippen LogP contribution in [0.3, 0.4) is 0 Å². The molecule has 0 aliphatic carbocycles. The number of aliphatic hydroxyl groups is 2. The van der Waals surface area contributed by atoms with Gasteiger partial charge in [0.2, 0.25) is 0 Å². The number of carbonyl (C=O) groups excluding carboxylic acids is 1. The van der Waals surface area contributed by atoms with Gasteiger partial charge in [-0.2, -0.15) is 0 Å². The Morgan fingerprint density at radius 3 is 2.78 bits per heavy atom. The van der Waals surface area contributed by atoms with Crippen LogP contribution in [0, 0.1) is 13.8 Å². The van der Waals surface area contributed by atoms with Gasteiger partial charge in [-0.3, -0.25) is 4.79 Å². The molecule has 1 aromatic heterocycles. The van der Waals surface area contributed by atoms with Crippen molar-refractivity contribution in [2.45, 2.75) is 32.1 Å². The minimum atomic E-state index is -1.02. The van der Waals surface area contributed by atoms with Crippen molar-refractivity contribution in [3.63, 3.8) is 0 Å². The van der Waals surface area contributed by atoms with Crippen molar-refractivity contribution in [3.8, 4) is 0 Å². The molecule has 6 heteroatoms. The first-order valence-electron chi connectivity index (χ1n) is 7.70. The van der Waals surface area contributed by atoms with Crippen molar-refractivity contribution in [1.82, 2.24) is 9.88 Å². The zero-order valence-corrected chi connectivity index (χ0v) is 13.5. The maximum absolute atomic E-state index is 12.7. The third kappa shape index (κ3) is 2.73. The van der Waals surface area contributed by atoms with E-state index >= 15 is 0 Å². The molecule has 23 heavy (non-hydrogen) atoms. The highest BCUT2D eigenvalue weighted by atomic mass is 16.5. The lowest BCUT2D eigenvalue weighted by Crippen LogP contribution is -2.56. The minimum Gasteiger partial charge on any atom is -0.388 e. The summed E-state index contributed by atoms with van der Waals surface area (Å²) in [4.78, 5) is 12.7. The van der Waals surface area contributed by atoms with E-state index in [0.717, 1.165) is 22.0 Å². The Kier molecular flexibility index (Phi) is 4.14. The Morgan fingerprint density at radius 2 is 2.04 bits per heavy atom. The molecule has 0 spiro atoms. The number of nitrogens with one attached hydrogen (secondary N) is 1. The molecule has 3 N–H and O–H groups in total. The van der Waals surface area contributed by atoms with E-state index < -0.39 is 18.2 Å². The van der Waals surface area contributed by atoms with Gasteiger partial charge in [0, 0.05) is 18.0 Å². The summed E-state index contributed by atoms with van der Waals surface area (Å²) >= 11 is 0. The largest absolute Gasteiger partial charge is 0.388 e. The molecule has 1 fully saturated rings. The summed E-state index contributed by atoms with van der Waals surface area (Å²) < 4.78 is 7.06. The third-order valence-electron chi connectivity index (χ3n) is 4.53. The predicted molar refractivity (Wildman–Crippen MR) is 86.5 cm³/mol. The second-order valence-electron chi connectivity index (χ2n) is 6.23. The molecule has 1 saturated heterocycles. The average Bonchev–Trinajstić information content (AvgIpc) is 2.75. The fourth-order valence-electron chi connectivity index (χ4n) is 3.21. The lowest BCUT2D eigenvalue weighted by Gasteiger charge is -2.32. The third-order valence-corrected chi connectivity index (χ3v) is 4.53. The molecule has 0 unspecified atom stereocenters. The lowest BCUT2D eigenvalue weighted by atomic mass is 10.0. The van der Waals surface area contributed by atoms with E-state index in [4.69, 9.17) is 4.74 Å². The number of carbonyl (C=O) groups is 1. The van der Waals surface area contributed by atoms with E-state index in [0.29, 0.717) is 5.69 Å². The smallest absolute Gasteiger partial charge is 0.268 e. The van der Waals surface area contributed by atoms with E-state index in [1.165, 1.54) is 0 Å². The molecule has 0 bridgehead atoms. The highest BCUT2D eigenvalue weighted by molar-refractivity contribution is 6.01. The molecule has 0 radical (unpaired) electrons. The summed E-state index contributed by atoms with van der Waals surface area (Å²) in [6.45, 7) is 4.20. The van der Waals surface area contributed by atoms with Gasteiger partial charge in [-0.25, -0.2) is 0 Å². The van der Waals surface area contributed by atoms with Crippen LogP contribution in [-0.4, -0.2) is 52.2 Å². The molecule has 1 aliphatic rings. The van der Waals surface area contributed by atoms with Crippen LogP contribution in [-0.2, 0) is 11.8 Å². The standard InChI is InChI=1S/C17H22N2O4/c1-9-4-5-13-11(6-9)10(2)15(19(13)3)17(22)18-12-7-23-8-14(20)16(12)21/h4-6,12,14,16,20-21H,7-8H2,1-3H3,(H,18,22)/t12-,14-,16+/m1/s1. The van der Waals surface area contributed by atoms with Crippen LogP contribution in [0.2, 0.25) is 0 Å². The maximum Gasteiger partial charge on any atom is 0.268 e. The van der Waals surface area contributed by atoms with Gasteiger partial charge in [0.15, 0.2) is 0 Å². The number of benzene rings is 1. The Bertz CT molecular complexity index is 753. The van der Waals surface area contributed by atoms with Crippen LogP contribution < -0.4 is 5.32 Å². The number of aryl methyl sites for hydroxylation is 3. The van der Waals surface area contributed by atoms with Crippen LogP contribution in [0.15, 0.2) is 18.2 Å². The van der Waals surface area contributed by atoms with E-state index in [1.807, 2.05) is 37.6 Å². The second kappa shape index (κ2) is 5.96. The van der Waals surface area contributed by atoms with Gasteiger partial charge in [0.05, 0.1) is 19.3 Å². The summed E-state index contributed by atoms with van der Waals surface area (Å²) in [5.41, 5.74) is 3.57. The highest BCUT2D eigenvalue weighted by Crippen LogP contribution is 2.26. The molecule has 2 aromatic rings. The van der Waals surface area contributed by atoms with Crippen molar-refractivity contribution in [2.75, 3.05) is 13.2 Å². The quantitative estimate of drug-likeness (QED) is 0.759. The number of aliphatic hydroxyl groups excluding tert-OH is 2. The van der Waals surface area contributed by atoms with Crippen molar-refractivity contribution in [3.05, 3.63) is 35.0 Å². The number of aromatic nitrogens is 1. The number of amides is 1. The van der Waals surface area contributed by atoms with E-state index in [-0.39, 0.29) is 19.1 Å². The molecule has 1 aromatic carbocycles. The summed E-state index contributed by atoms with van der Waals surface area (Å²) in [7, 11) is 1.85. The van der Waals surface area contributed by atoms with Crippen molar-refractivity contribution in [2.24, 2.45) is 7.05 Å². The van der Waals surface area contributed by atoms with Crippen LogP contribution in [0.25, 0.3) is 10.9 Å². The van der Waals surface area contributed by atoms with Gasteiger partial charge in [-0.15, -0.1) is 0 Å². The van der Waals surface area contributed by atoms with Crippen molar-refractivity contribution < 1.29 is 19.7 Å². The molecule has 6 nitrogen and oxygen atoms in total. The lowest BCUT2D eigenvalue weighted by molar-refractivity contribution is -0.102. The van der Waals surface area contributed by atoms with Gasteiger partial charge in [-0.1, -0.05) is 11.6 Å². The number of rotatable bonds is 2. The number of fused-ring (bicyclic) bond motifs is 1. The monoisotopic (exact) mass is 318 g/mol. The molecule has 1 aliphatic heterocycles. The van der Waals surface area contributed by atoms with Gasteiger partial charge >= 0.3 is 0 Å². The van der Waals surface area contributed by atoms with Crippen molar-refractivity contribution in [1.29, 1.82) is 0 Å². The summed E-state index contributed by atoms with van der Waals surface area (Å²) in [6.07, 6.45) is -2.00. The average molecular weight is 318 g/mol. The van der Waals surface area contributed by atoms with Gasteiger partial charge in [-0.05, 0) is 31.5 Å². The first-order valence-corrected chi connectivity index (χ1v) is 7.70. The first-order chi connectivity index (χ1) is 10.9. The van der Waals surface area contributed by atoms with E-state index in [1.54, 1.807) is 0 Å². The SMILES string of the molecule is Cc1ccc2c(c1)c(C)c(C(=O)N[C@@H]1COC[C@@H](O)[C@H]1O)n2C. The number of ether oxygens (including phenoxy) is 1. The normalized spacial score (nSPS) is 24.8. The van der Waals surface area contributed by atoms with Crippen LogP contribution >= 0.6 is 0 Å². The Morgan fingerprint density at radius 1 is 1.30 bits per heavy atom. The first kappa shape index (κ1) is 16.0. The highest BCUT2D eigenvalue weighted by Gasteiger charge is 2.33. The Hall–Kier alpha value is -1.89. The number of hydrogen-bond acceptors (Lipinski definition) is 4. The van der Waals surface area contributed by atoms with E-state index in [2.05, 4.69) is 11.4 Å². The molecule has 3 atom stereocenters. The predicted octanol–water partition coefficient (Wildman–Crippen LogP) is 0.646. The number of hydrogen-bond donors (Lipinski definition) is 3. The Balaban J connectivity index is 1.92. The van der Waals surface area contributed by atoms with Gasteiger partial charge in [0.25, 0.3) is 5.91 Å². The topological polar surface area (TPSA) is 83.7 Å². The summed E-state index contributed by atoms with van der Waals surface area (Å²) in [5, 5.41) is 23.5. The second-order valence-corrected chi connectivity index (χ2v) is 6.23. The van der Waals surface area contributed by atoms with E-state index in [9.17, 15) is 15.0 Å². The molecule has 2 heterocycles. The van der Waals surface area contributed by atoms with Crippen LogP contribution in [0.4, 0.5) is 0 Å². The minimum absolute atomic E-state index is 0.0832. The fraction of sp³-hybridized carbons (Fsp3) is 0.471. The number of nitrogens with zero attached hydrogens (tertiary/aromatic N) is 1. The van der Waals surface area contributed by atoms with Gasteiger partial charge in [0.1, 0.15) is 17.9 Å². The zero-order valence-electron chi connectivity index (χ0n) is 13.5. The molecule has 1 amide bonds. The van der Waals surface area contributed by atoms with Crippen molar-refractivity contribution >= 4 is 16.8 Å². The Labute approximate surface area is 134 Å². The van der Waals surface area contributed by atoms with Crippen LogP contribution in [0.5, 0.6) is 0 Å². The molecular formula is C17H22N2O4. The summed E-state index contributed by atoms with van der Waals surface area (Å²) in [5.74, 6) is -0.277. The molecule has 124 valence electrons. The zero-order chi connectivity index (χ0) is 16.7. The fourth-order valence-corrected chi connectivity index (χ4v) is 3.21. The van der Waals surface area contributed by atoms with Gasteiger partial charge < -0.3 is 24.8 Å². The molecule has 0 saturated carbocycles. The molecule has 3 rings (SSSR count). The summed E-state index contributed by atoms with van der Waals surface area (Å²) in [6, 6.07) is 5.45. The molecular weight excluding hydrogens is 296 g/mol. The maximum atomic E-state index is 12.7. The van der Waals surface area contributed by atoms with Crippen LogP contribution in [0.1, 0.15) is 21.6 Å².